The molecule has 3 nitrogen and oxygen atoms in total. The predicted molar refractivity (Wildman–Crippen MR) is 67.3 cm³/mol. The highest BCUT2D eigenvalue weighted by Crippen LogP contribution is 2.29. The standard InChI is InChI=1S/C12H15ClF3N3/c13-5-1-9-3-7-19(8-4-9)11-17-6-2-10(18-11)12(14,15)16/h2,6,9H,1,3-5,7-8H2. The number of piperidine rings is 1. The Morgan fingerprint density at radius 1 is 1.32 bits per heavy atom. The molecule has 1 fully saturated rings. The summed E-state index contributed by atoms with van der Waals surface area (Å²) in [5, 5.41) is 0. The predicted octanol–water partition coefficient (Wildman–Crippen LogP) is 3.34. The number of nitrogens with zero attached hydrogens (tertiary/aromatic N) is 3. The Morgan fingerprint density at radius 2 is 2.00 bits per heavy atom. The molecule has 1 aliphatic heterocycles. The second-order valence-corrected chi connectivity index (χ2v) is 5.03. The van der Waals surface area contributed by atoms with Crippen molar-refractivity contribution in [2.24, 2.45) is 5.92 Å². The van der Waals surface area contributed by atoms with E-state index in [1.54, 1.807) is 4.90 Å². The molecule has 0 atom stereocenters. The first kappa shape index (κ1) is 14.4. The maximum atomic E-state index is 12.6. The van der Waals surface area contributed by atoms with Crippen LogP contribution < -0.4 is 4.90 Å². The lowest BCUT2D eigenvalue weighted by Crippen LogP contribution is -2.35. The number of halogens is 4. The quantitative estimate of drug-likeness (QED) is 0.800. The fraction of sp³-hybridized carbons (Fsp3) is 0.667. The Balaban J connectivity index is 2.03. The first-order valence-corrected chi connectivity index (χ1v) is 6.75. The molecule has 0 N–H and O–H groups in total. The van der Waals surface area contributed by atoms with Crippen LogP contribution in [0.3, 0.4) is 0 Å². The van der Waals surface area contributed by atoms with Gasteiger partial charge < -0.3 is 4.90 Å². The highest BCUT2D eigenvalue weighted by Gasteiger charge is 2.33. The van der Waals surface area contributed by atoms with Crippen molar-refractivity contribution in [3.63, 3.8) is 0 Å². The minimum absolute atomic E-state index is 0.166. The van der Waals surface area contributed by atoms with Gasteiger partial charge in [0.15, 0.2) is 0 Å². The second kappa shape index (κ2) is 5.94. The van der Waals surface area contributed by atoms with Gasteiger partial charge in [-0.3, -0.25) is 0 Å². The van der Waals surface area contributed by atoms with E-state index in [1.165, 1.54) is 0 Å². The highest BCUT2D eigenvalue weighted by atomic mass is 35.5. The van der Waals surface area contributed by atoms with Crippen LogP contribution in [0.4, 0.5) is 19.1 Å². The van der Waals surface area contributed by atoms with Crippen LogP contribution in [0.5, 0.6) is 0 Å². The molecule has 2 heterocycles. The topological polar surface area (TPSA) is 29.0 Å². The molecule has 7 heteroatoms. The van der Waals surface area contributed by atoms with Crippen molar-refractivity contribution < 1.29 is 13.2 Å². The van der Waals surface area contributed by atoms with E-state index in [4.69, 9.17) is 11.6 Å². The lowest BCUT2D eigenvalue weighted by atomic mass is 9.94. The van der Waals surface area contributed by atoms with Gasteiger partial charge in [-0.05, 0) is 31.2 Å². The van der Waals surface area contributed by atoms with Crippen LogP contribution in [0.15, 0.2) is 12.3 Å². The van der Waals surface area contributed by atoms with E-state index >= 15 is 0 Å². The smallest absolute Gasteiger partial charge is 0.341 e. The van der Waals surface area contributed by atoms with Gasteiger partial charge in [-0.2, -0.15) is 13.2 Å². The van der Waals surface area contributed by atoms with E-state index < -0.39 is 11.9 Å². The number of hydrogen-bond donors (Lipinski definition) is 0. The lowest BCUT2D eigenvalue weighted by Gasteiger charge is -2.31. The van der Waals surface area contributed by atoms with Crippen molar-refractivity contribution in [3.8, 4) is 0 Å². The zero-order valence-electron chi connectivity index (χ0n) is 10.3. The molecule has 1 saturated heterocycles. The van der Waals surface area contributed by atoms with E-state index in [1.807, 2.05) is 0 Å². The number of anilines is 1. The van der Waals surface area contributed by atoms with Crippen molar-refractivity contribution in [3.05, 3.63) is 18.0 Å². The largest absolute Gasteiger partial charge is 0.433 e. The zero-order chi connectivity index (χ0) is 13.9. The zero-order valence-corrected chi connectivity index (χ0v) is 11.1. The second-order valence-electron chi connectivity index (χ2n) is 4.65. The molecular formula is C12H15ClF3N3. The lowest BCUT2D eigenvalue weighted by molar-refractivity contribution is -0.141. The molecule has 1 aliphatic rings. The minimum atomic E-state index is -4.42. The SMILES string of the molecule is FC(F)(F)c1ccnc(N2CCC(CCCl)CC2)n1. The van der Waals surface area contributed by atoms with E-state index in [9.17, 15) is 13.2 Å². The molecule has 0 bridgehead atoms. The Morgan fingerprint density at radius 3 is 2.58 bits per heavy atom. The third kappa shape index (κ3) is 3.72. The Kier molecular flexibility index (Phi) is 4.50. The van der Waals surface area contributed by atoms with Gasteiger partial charge in [-0.15, -0.1) is 11.6 Å². The maximum absolute atomic E-state index is 12.6. The van der Waals surface area contributed by atoms with Crippen molar-refractivity contribution in [1.82, 2.24) is 9.97 Å². The van der Waals surface area contributed by atoms with Crippen molar-refractivity contribution >= 4 is 17.5 Å². The number of hydrogen-bond acceptors (Lipinski definition) is 3. The minimum Gasteiger partial charge on any atom is -0.341 e. The molecule has 0 spiro atoms. The monoisotopic (exact) mass is 293 g/mol. The first-order valence-electron chi connectivity index (χ1n) is 6.22. The normalized spacial score (nSPS) is 17.8. The van der Waals surface area contributed by atoms with Crippen LogP contribution in [0.2, 0.25) is 0 Å². The molecular weight excluding hydrogens is 279 g/mol. The third-order valence-corrected chi connectivity index (χ3v) is 3.57. The van der Waals surface area contributed by atoms with Crippen LogP contribution in [-0.4, -0.2) is 28.9 Å². The Bertz CT molecular complexity index is 417. The molecule has 106 valence electrons. The van der Waals surface area contributed by atoms with Gasteiger partial charge in [0.2, 0.25) is 5.95 Å². The highest BCUT2D eigenvalue weighted by molar-refractivity contribution is 6.17. The van der Waals surface area contributed by atoms with Gasteiger partial charge in [0.1, 0.15) is 5.69 Å². The van der Waals surface area contributed by atoms with E-state index in [0.717, 1.165) is 31.5 Å². The Hall–Kier alpha value is -1.04. The number of rotatable bonds is 3. The van der Waals surface area contributed by atoms with Crippen LogP contribution in [0.25, 0.3) is 0 Å². The molecule has 2 rings (SSSR count). The Labute approximate surface area is 114 Å². The van der Waals surface area contributed by atoms with Gasteiger partial charge in [0.05, 0.1) is 0 Å². The summed E-state index contributed by atoms with van der Waals surface area (Å²) in [5.41, 5.74) is -0.889. The van der Waals surface area contributed by atoms with E-state index in [-0.39, 0.29) is 5.95 Å². The van der Waals surface area contributed by atoms with E-state index in [2.05, 4.69) is 9.97 Å². The summed E-state index contributed by atoms with van der Waals surface area (Å²) in [7, 11) is 0. The summed E-state index contributed by atoms with van der Waals surface area (Å²) in [6.07, 6.45) is -0.456. The summed E-state index contributed by atoms with van der Waals surface area (Å²) in [4.78, 5) is 9.34. The summed E-state index contributed by atoms with van der Waals surface area (Å²) in [6, 6.07) is 0.893. The van der Waals surface area contributed by atoms with E-state index in [0.29, 0.717) is 24.9 Å². The van der Waals surface area contributed by atoms with Gasteiger partial charge in [0.25, 0.3) is 0 Å². The van der Waals surface area contributed by atoms with Gasteiger partial charge in [0, 0.05) is 25.2 Å². The fourth-order valence-electron chi connectivity index (χ4n) is 2.23. The number of aromatic nitrogens is 2. The summed E-state index contributed by atoms with van der Waals surface area (Å²) >= 11 is 5.70. The molecule has 0 aromatic carbocycles. The van der Waals surface area contributed by atoms with Crippen LogP contribution in [0, 0.1) is 5.92 Å². The van der Waals surface area contributed by atoms with Crippen molar-refractivity contribution in [1.29, 1.82) is 0 Å². The van der Waals surface area contributed by atoms with Crippen LogP contribution >= 0.6 is 11.6 Å². The van der Waals surface area contributed by atoms with Crippen LogP contribution in [0.1, 0.15) is 25.0 Å². The maximum Gasteiger partial charge on any atom is 0.433 e. The summed E-state index contributed by atoms with van der Waals surface area (Å²) in [6.45, 7) is 1.37. The molecule has 1 aromatic heterocycles. The van der Waals surface area contributed by atoms with Gasteiger partial charge in [-0.25, -0.2) is 9.97 Å². The molecule has 0 saturated carbocycles. The van der Waals surface area contributed by atoms with Gasteiger partial charge in [-0.1, -0.05) is 0 Å². The van der Waals surface area contributed by atoms with Crippen molar-refractivity contribution in [2.45, 2.75) is 25.4 Å². The summed E-state index contributed by atoms with van der Waals surface area (Å²) in [5.74, 6) is 1.35. The molecule has 19 heavy (non-hydrogen) atoms. The molecule has 1 aromatic rings. The fourth-order valence-corrected chi connectivity index (χ4v) is 2.54. The average molecular weight is 294 g/mol. The number of alkyl halides is 4. The molecule has 0 aliphatic carbocycles. The first-order chi connectivity index (χ1) is 9.00. The molecule has 0 amide bonds. The van der Waals surface area contributed by atoms with Crippen molar-refractivity contribution in [2.75, 3.05) is 23.9 Å². The average Bonchev–Trinajstić information content (AvgIpc) is 2.39. The third-order valence-electron chi connectivity index (χ3n) is 3.35. The molecule has 0 unspecified atom stereocenters. The van der Waals surface area contributed by atoms with Gasteiger partial charge >= 0.3 is 6.18 Å². The molecule has 0 radical (unpaired) electrons. The van der Waals surface area contributed by atoms with Crippen LogP contribution in [-0.2, 0) is 6.18 Å². The summed E-state index contributed by atoms with van der Waals surface area (Å²) < 4.78 is 37.7.